The average Bonchev–Trinajstić information content (AvgIpc) is 3.07. The van der Waals surface area contributed by atoms with E-state index in [0.29, 0.717) is 12.0 Å². The summed E-state index contributed by atoms with van der Waals surface area (Å²) in [5, 5.41) is 1.44. The minimum absolute atomic E-state index is 0.402. The van der Waals surface area contributed by atoms with Crippen molar-refractivity contribution in [2.24, 2.45) is 11.7 Å². The average molecular weight is 285 g/mol. The monoisotopic (exact) mass is 284 g/mol. The van der Waals surface area contributed by atoms with Crippen molar-refractivity contribution in [3.8, 4) is 0 Å². The molecule has 4 heteroatoms. The molecule has 2 atom stereocenters. The fourth-order valence-electron chi connectivity index (χ4n) is 3.15. The van der Waals surface area contributed by atoms with Gasteiger partial charge in [0.2, 0.25) is 0 Å². The highest BCUT2D eigenvalue weighted by Gasteiger charge is 2.42. The predicted molar refractivity (Wildman–Crippen MR) is 76.1 cm³/mol. The van der Waals surface area contributed by atoms with E-state index < -0.39 is 0 Å². The number of nitrogens with two attached hydrogens (primary N) is 1. The fourth-order valence-corrected chi connectivity index (χ4v) is 3.70. The van der Waals surface area contributed by atoms with Crippen LogP contribution in [0.5, 0.6) is 0 Å². The standard InChI is InChI=1S/C14H18Cl2N2/c15-11-5-10(6-12(16)7-11)14-9(8-17)3-4-18(14)13-1-2-13/h5-7,9,13-14H,1-4,8,17H2. The molecule has 2 nitrogen and oxygen atoms in total. The van der Waals surface area contributed by atoms with Crippen LogP contribution in [0.15, 0.2) is 18.2 Å². The van der Waals surface area contributed by atoms with E-state index in [0.717, 1.165) is 29.2 Å². The van der Waals surface area contributed by atoms with Gasteiger partial charge in [-0.05, 0) is 62.0 Å². The van der Waals surface area contributed by atoms with E-state index >= 15 is 0 Å². The van der Waals surface area contributed by atoms with Crippen LogP contribution in [0.25, 0.3) is 0 Å². The lowest BCUT2D eigenvalue weighted by atomic mass is 9.93. The van der Waals surface area contributed by atoms with E-state index in [1.54, 1.807) is 6.07 Å². The second-order valence-electron chi connectivity index (χ2n) is 5.40. The smallest absolute Gasteiger partial charge is 0.0424 e. The first-order chi connectivity index (χ1) is 8.69. The highest BCUT2D eigenvalue weighted by Crippen LogP contribution is 2.44. The molecule has 0 spiro atoms. The van der Waals surface area contributed by atoms with E-state index in [9.17, 15) is 0 Å². The Balaban J connectivity index is 1.94. The summed E-state index contributed by atoms with van der Waals surface area (Å²) in [6.45, 7) is 1.89. The number of nitrogens with zero attached hydrogens (tertiary/aromatic N) is 1. The molecule has 3 rings (SSSR count). The minimum Gasteiger partial charge on any atom is -0.330 e. The van der Waals surface area contributed by atoms with Crippen molar-refractivity contribution < 1.29 is 0 Å². The lowest BCUT2D eigenvalue weighted by molar-refractivity contribution is 0.220. The van der Waals surface area contributed by atoms with Gasteiger partial charge in [-0.3, -0.25) is 4.90 Å². The zero-order valence-corrected chi connectivity index (χ0v) is 11.8. The Labute approximate surface area is 118 Å². The first-order valence-corrected chi connectivity index (χ1v) is 7.36. The summed E-state index contributed by atoms with van der Waals surface area (Å²) in [5.41, 5.74) is 7.16. The van der Waals surface area contributed by atoms with Gasteiger partial charge in [-0.15, -0.1) is 0 Å². The first kappa shape index (κ1) is 12.7. The van der Waals surface area contributed by atoms with Gasteiger partial charge in [-0.2, -0.15) is 0 Å². The quantitative estimate of drug-likeness (QED) is 0.921. The highest BCUT2D eigenvalue weighted by atomic mass is 35.5. The van der Waals surface area contributed by atoms with Gasteiger partial charge in [0.15, 0.2) is 0 Å². The molecule has 1 saturated heterocycles. The molecule has 2 unspecified atom stereocenters. The van der Waals surface area contributed by atoms with E-state index in [2.05, 4.69) is 4.90 Å². The molecule has 1 aliphatic heterocycles. The van der Waals surface area contributed by atoms with Crippen LogP contribution in [0.1, 0.15) is 30.9 Å². The fraction of sp³-hybridized carbons (Fsp3) is 0.571. The van der Waals surface area contributed by atoms with Crippen LogP contribution in [-0.2, 0) is 0 Å². The van der Waals surface area contributed by atoms with Gasteiger partial charge in [0.1, 0.15) is 0 Å². The zero-order valence-electron chi connectivity index (χ0n) is 10.3. The Morgan fingerprint density at radius 2 is 1.78 bits per heavy atom. The lowest BCUT2D eigenvalue weighted by Gasteiger charge is -2.28. The molecule has 0 bridgehead atoms. The summed E-state index contributed by atoms with van der Waals surface area (Å²) in [5.74, 6) is 0.528. The molecule has 0 amide bonds. The molecule has 0 aromatic heterocycles. The Hall–Kier alpha value is -0.280. The van der Waals surface area contributed by atoms with Crippen molar-refractivity contribution >= 4 is 23.2 Å². The van der Waals surface area contributed by atoms with Gasteiger partial charge >= 0.3 is 0 Å². The first-order valence-electron chi connectivity index (χ1n) is 6.61. The van der Waals surface area contributed by atoms with Gasteiger partial charge < -0.3 is 5.73 Å². The van der Waals surface area contributed by atoms with Crippen molar-refractivity contribution in [3.63, 3.8) is 0 Å². The van der Waals surface area contributed by atoms with Crippen LogP contribution in [0.2, 0.25) is 10.0 Å². The second-order valence-corrected chi connectivity index (χ2v) is 6.27. The maximum atomic E-state index is 6.13. The Morgan fingerprint density at radius 3 is 2.33 bits per heavy atom. The van der Waals surface area contributed by atoms with Crippen LogP contribution >= 0.6 is 23.2 Å². The van der Waals surface area contributed by atoms with Crippen LogP contribution in [0, 0.1) is 5.92 Å². The van der Waals surface area contributed by atoms with Gasteiger partial charge in [0, 0.05) is 22.1 Å². The molecular weight excluding hydrogens is 267 g/mol. The van der Waals surface area contributed by atoms with E-state index in [1.807, 2.05) is 12.1 Å². The summed E-state index contributed by atoms with van der Waals surface area (Å²) in [7, 11) is 0. The molecule has 1 aromatic carbocycles. The maximum absolute atomic E-state index is 6.13. The Morgan fingerprint density at radius 1 is 1.11 bits per heavy atom. The van der Waals surface area contributed by atoms with Crippen molar-refractivity contribution in [2.75, 3.05) is 13.1 Å². The normalized spacial score (nSPS) is 28.8. The number of likely N-dealkylation sites (tertiary alicyclic amines) is 1. The van der Waals surface area contributed by atoms with Crippen molar-refractivity contribution in [1.29, 1.82) is 0 Å². The zero-order chi connectivity index (χ0) is 12.7. The summed E-state index contributed by atoms with van der Waals surface area (Å²) < 4.78 is 0. The number of rotatable bonds is 3. The molecule has 1 heterocycles. The van der Waals surface area contributed by atoms with Crippen LogP contribution in [0.3, 0.4) is 0 Å². The molecule has 2 aliphatic rings. The Bertz CT molecular complexity index is 425. The number of halogens is 2. The van der Waals surface area contributed by atoms with Crippen LogP contribution < -0.4 is 5.73 Å². The predicted octanol–water partition coefficient (Wildman–Crippen LogP) is 3.48. The molecular formula is C14H18Cl2N2. The van der Waals surface area contributed by atoms with Crippen LogP contribution in [0.4, 0.5) is 0 Å². The van der Waals surface area contributed by atoms with Gasteiger partial charge in [-0.25, -0.2) is 0 Å². The van der Waals surface area contributed by atoms with Crippen molar-refractivity contribution in [3.05, 3.63) is 33.8 Å². The molecule has 1 aliphatic carbocycles. The third-order valence-electron chi connectivity index (χ3n) is 4.11. The number of benzene rings is 1. The topological polar surface area (TPSA) is 29.3 Å². The third-order valence-corrected chi connectivity index (χ3v) is 4.54. The second kappa shape index (κ2) is 5.01. The molecule has 1 saturated carbocycles. The summed E-state index contributed by atoms with van der Waals surface area (Å²) in [6.07, 6.45) is 3.83. The van der Waals surface area contributed by atoms with E-state index in [-0.39, 0.29) is 0 Å². The van der Waals surface area contributed by atoms with E-state index in [4.69, 9.17) is 28.9 Å². The molecule has 2 fully saturated rings. The SMILES string of the molecule is NCC1CCN(C2CC2)C1c1cc(Cl)cc(Cl)c1. The molecule has 18 heavy (non-hydrogen) atoms. The van der Waals surface area contributed by atoms with Crippen LogP contribution in [-0.4, -0.2) is 24.0 Å². The van der Waals surface area contributed by atoms with E-state index in [1.165, 1.54) is 24.8 Å². The Kier molecular flexibility index (Phi) is 3.55. The van der Waals surface area contributed by atoms with Crippen molar-refractivity contribution in [2.45, 2.75) is 31.3 Å². The highest BCUT2D eigenvalue weighted by molar-refractivity contribution is 6.34. The number of hydrogen-bond donors (Lipinski definition) is 1. The van der Waals surface area contributed by atoms with Gasteiger partial charge in [0.25, 0.3) is 0 Å². The molecule has 1 aromatic rings. The summed E-state index contributed by atoms with van der Waals surface area (Å²) >= 11 is 12.3. The van der Waals surface area contributed by atoms with Crippen molar-refractivity contribution in [1.82, 2.24) is 4.90 Å². The molecule has 98 valence electrons. The van der Waals surface area contributed by atoms with Gasteiger partial charge in [-0.1, -0.05) is 23.2 Å². The molecule has 0 radical (unpaired) electrons. The number of hydrogen-bond acceptors (Lipinski definition) is 2. The molecule has 2 N–H and O–H groups in total. The lowest BCUT2D eigenvalue weighted by Crippen LogP contribution is -2.29. The largest absolute Gasteiger partial charge is 0.330 e. The summed E-state index contributed by atoms with van der Waals surface area (Å²) in [6, 6.07) is 7.03. The van der Waals surface area contributed by atoms with Gasteiger partial charge in [0.05, 0.1) is 0 Å². The summed E-state index contributed by atoms with van der Waals surface area (Å²) in [4.78, 5) is 2.60. The maximum Gasteiger partial charge on any atom is 0.0424 e. The third kappa shape index (κ3) is 2.39. The minimum atomic E-state index is 0.402.